The summed E-state index contributed by atoms with van der Waals surface area (Å²) in [6.45, 7) is 1.65. The Hall–Kier alpha value is -3.27. The fraction of sp³-hybridized carbons (Fsp3) is 0.176. The summed E-state index contributed by atoms with van der Waals surface area (Å²) in [7, 11) is 1.82. The lowest BCUT2D eigenvalue weighted by molar-refractivity contribution is -0.385. The number of aryl methyl sites for hydroxylation is 1. The van der Waals surface area contributed by atoms with Crippen molar-refractivity contribution in [2.24, 2.45) is 7.05 Å². The normalized spacial score (nSPS) is 10.6. The molecule has 0 saturated carbocycles. The van der Waals surface area contributed by atoms with Gasteiger partial charge >= 0.3 is 0 Å². The van der Waals surface area contributed by atoms with Gasteiger partial charge in [-0.2, -0.15) is 0 Å². The molecule has 1 amide bonds. The van der Waals surface area contributed by atoms with Crippen molar-refractivity contribution in [3.63, 3.8) is 0 Å². The molecule has 0 spiro atoms. The van der Waals surface area contributed by atoms with E-state index in [0.29, 0.717) is 22.2 Å². The Labute approximate surface area is 159 Å². The molecule has 10 heteroatoms. The van der Waals surface area contributed by atoms with Crippen molar-refractivity contribution in [2.75, 3.05) is 11.1 Å². The van der Waals surface area contributed by atoms with E-state index in [2.05, 4.69) is 20.5 Å². The average Bonchev–Trinajstić information content (AvgIpc) is 3.02. The standard InChI is InChI=1S/C17H16N6O3S/c1-11-3-4-13(9-14(11)23(25)26)19-15(24)10-27-17-21-20-16(22(17)2)12-5-7-18-8-6-12/h3-9H,10H2,1-2H3,(H,19,24). The van der Waals surface area contributed by atoms with Crippen LogP contribution >= 0.6 is 11.8 Å². The Balaban J connectivity index is 1.64. The van der Waals surface area contributed by atoms with Crippen molar-refractivity contribution in [2.45, 2.75) is 12.1 Å². The zero-order chi connectivity index (χ0) is 19.4. The molecule has 0 fully saturated rings. The highest BCUT2D eigenvalue weighted by molar-refractivity contribution is 7.99. The number of pyridine rings is 1. The van der Waals surface area contributed by atoms with Gasteiger partial charge in [-0.15, -0.1) is 10.2 Å². The fourth-order valence-corrected chi connectivity index (χ4v) is 3.12. The van der Waals surface area contributed by atoms with E-state index in [1.54, 1.807) is 36.0 Å². The predicted molar refractivity (Wildman–Crippen MR) is 101 cm³/mol. The number of aromatic nitrogens is 4. The average molecular weight is 384 g/mol. The maximum absolute atomic E-state index is 12.2. The number of anilines is 1. The summed E-state index contributed by atoms with van der Waals surface area (Å²) in [4.78, 5) is 26.7. The van der Waals surface area contributed by atoms with E-state index in [4.69, 9.17) is 0 Å². The molecule has 1 N–H and O–H groups in total. The third-order valence-electron chi connectivity index (χ3n) is 3.80. The van der Waals surface area contributed by atoms with Crippen LogP contribution in [0.3, 0.4) is 0 Å². The summed E-state index contributed by atoms with van der Waals surface area (Å²) >= 11 is 1.23. The van der Waals surface area contributed by atoms with Gasteiger partial charge in [0.25, 0.3) is 5.69 Å². The SMILES string of the molecule is Cc1ccc(NC(=O)CSc2nnc(-c3ccncc3)n2C)cc1[N+](=O)[O-]. The molecule has 9 nitrogen and oxygen atoms in total. The minimum absolute atomic E-state index is 0.0317. The van der Waals surface area contributed by atoms with Crippen LogP contribution in [0, 0.1) is 17.0 Å². The summed E-state index contributed by atoms with van der Waals surface area (Å²) in [5, 5.41) is 22.5. The number of benzene rings is 1. The first-order valence-electron chi connectivity index (χ1n) is 7.93. The highest BCUT2D eigenvalue weighted by Crippen LogP contribution is 2.24. The number of thioether (sulfide) groups is 1. The van der Waals surface area contributed by atoms with Gasteiger partial charge in [0.15, 0.2) is 11.0 Å². The molecule has 3 rings (SSSR count). The van der Waals surface area contributed by atoms with Crippen molar-refractivity contribution >= 4 is 29.0 Å². The first kappa shape index (κ1) is 18.5. The molecule has 1 aromatic carbocycles. The van der Waals surface area contributed by atoms with Crippen LogP contribution in [0.15, 0.2) is 47.9 Å². The van der Waals surface area contributed by atoms with Crippen LogP contribution in [0.2, 0.25) is 0 Å². The van der Waals surface area contributed by atoms with Gasteiger partial charge in [0.1, 0.15) is 0 Å². The van der Waals surface area contributed by atoms with Gasteiger partial charge in [-0.3, -0.25) is 19.9 Å². The van der Waals surface area contributed by atoms with Gasteiger partial charge in [0, 0.05) is 42.3 Å². The van der Waals surface area contributed by atoms with Gasteiger partial charge in [-0.25, -0.2) is 0 Å². The quantitative estimate of drug-likeness (QED) is 0.394. The monoisotopic (exact) mass is 384 g/mol. The van der Waals surface area contributed by atoms with Crippen LogP contribution in [0.1, 0.15) is 5.56 Å². The maximum Gasteiger partial charge on any atom is 0.274 e. The minimum Gasteiger partial charge on any atom is -0.325 e. The number of nitrogens with zero attached hydrogens (tertiary/aromatic N) is 5. The van der Waals surface area contributed by atoms with Crippen LogP contribution in [0.5, 0.6) is 0 Å². The van der Waals surface area contributed by atoms with Crippen LogP contribution in [-0.4, -0.2) is 36.3 Å². The van der Waals surface area contributed by atoms with Gasteiger partial charge in [0.05, 0.1) is 10.7 Å². The number of nitrogens with one attached hydrogen (secondary N) is 1. The van der Waals surface area contributed by atoms with E-state index in [1.165, 1.54) is 17.8 Å². The summed E-state index contributed by atoms with van der Waals surface area (Å²) in [5.74, 6) is 0.491. The molecule has 138 valence electrons. The van der Waals surface area contributed by atoms with Crippen molar-refractivity contribution in [3.8, 4) is 11.4 Å². The van der Waals surface area contributed by atoms with E-state index in [0.717, 1.165) is 5.56 Å². The molecule has 0 aliphatic heterocycles. The third kappa shape index (κ3) is 4.29. The molecular formula is C17H16N6O3S. The Morgan fingerprint density at radius 3 is 2.70 bits per heavy atom. The Kier molecular flexibility index (Phi) is 5.46. The summed E-state index contributed by atoms with van der Waals surface area (Å²) in [6, 6.07) is 8.24. The molecule has 2 aromatic heterocycles. The molecule has 0 radical (unpaired) electrons. The Bertz CT molecular complexity index is 990. The molecular weight excluding hydrogens is 368 g/mol. The van der Waals surface area contributed by atoms with Crippen LogP contribution in [-0.2, 0) is 11.8 Å². The molecule has 0 unspecified atom stereocenters. The second kappa shape index (κ2) is 7.96. The molecule has 0 atom stereocenters. The number of carbonyl (C=O) groups is 1. The van der Waals surface area contributed by atoms with E-state index in [-0.39, 0.29) is 17.3 Å². The Morgan fingerprint density at radius 1 is 1.26 bits per heavy atom. The van der Waals surface area contributed by atoms with Crippen LogP contribution in [0.25, 0.3) is 11.4 Å². The number of hydrogen-bond donors (Lipinski definition) is 1. The lowest BCUT2D eigenvalue weighted by Gasteiger charge is -2.06. The minimum atomic E-state index is -0.472. The summed E-state index contributed by atoms with van der Waals surface area (Å²) in [5.41, 5.74) is 1.77. The zero-order valence-corrected chi connectivity index (χ0v) is 15.4. The lowest BCUT2D eigenvalue weighted by atomic mass is 10.2. The summed E-state index contributed by atoms with van der Waals surface area (Å²) < 4.78 is 1.80. The van der Waals surface area contributed by atoms with E-state index < -0.39 is 4.92 Å². The Morgan fingerprint density at radius 2 is 2.00 bits per heavy atom. The van der Waals surface area contributed by atoms with Gasteiger partial charge in [-0.1, -0.05) is 17.8 Å². The third-order valence-corrected chi connectivity index (χ3v) is 4.82. The van der Waals surface area contributed by atoms with Crippen LogP contribution < -0.4 is 5.32 Å². The molecule has 0 aliphatic rings. The first-order chi connectivity index (χ1) is 13.0. The second-order valence-corrected chi connectivity index (χ2v) is 6.64. The number of amides is 1. The molecule has 27 heavy (non-hydrogen) atoms. The molecule has 0 bridgehead atoms. The first-order valence-corrected chi connectivity index (χ1v) is 8.91. The fourth-order valence-electron chi connectivity index (χ4n) is 2.40. The topological polar surface area (TPSA) is 116 Å². The number of carbonyl (C=O) groups excluding carboxylic acids is 1. The lowest BCUT2D eigenvalue weighted by Crippen LogP contribution is -2.14. The number of nitro benzene ring substituents is 1. The van der Waals surface area contributed by atoms with Crippen molar-refractivity contribution in [3.05, 3.63) is 58.4 Å². The van der Waals surface area contributed by atoms with Gasteiger partial charge in [-0.05, 0) is 25.1 Å². The van der Waals surface area contributed by atoms with E-state index >= 15 is 0 Å². The maximum atomic E-state index is 12.2. The van der Waals surface area contributed by atoms with Crippen molar-refractivity contribution in [1.82, 2.24) is 19.7 Å². The second-order valence-electron chi connectivity index (χ2n) is 5.70. The van der Waals surface area contributed by atoms with Crippen molar-refractivity contribution in [1.29, 1.82) is 0 Å². The smallest absolute Gasteiger partial charge is 0.274 e. The van der Waals surface area contributed by atoms with E-state index in [9.17, 15) is 14.9 Å². The van der Waals surface area contributed by atoms with Crippen molar-refractivity contribution < 1.29 is 9.72 Å². The highest BCUT2D eigenvalue weighted by Gasteiger charge is 2.15. The zero-order valence-electron chi connectivity index (χ0n) is 14.6. The summed E-state index contributed by atoms with van der Waals surface area (Å²) in [6.07, 6.45) is 3.34. The van der Waals surface area contributed by atoms with Crippen LogP contribution in [0.4, 0.5) is 11.4 Å². The molecule has 2 heterocycles. The molecule has 3 aromatic rings. The molecule has 0 aliphatic carbocycles. The predicted octanol–water partition coefficient (Wildman–Crippen LogP) is 2.82. The van der Waals surface area contributed by atoms with Gasteiger partial charge in [0.2, 0.25) is 5.91 Å². The number of rotatable bonds is 6. The number of nitro groups is 1. The van der Waals surface area contributed by atoms with E-state index in [1.807, 2.05) is 19.2 Å². The highest BCUT2D eigenvalue weighted by atomic mass is 32.2. The number of hydrogen-bond acceptors (Lipinski definition) is 7. The molecule has 0 saturated heterocycles. The van der Waals surface area contributed by atoms with Gasteiger partial charge < -0.3 is 9.88 Å². The largest absolute Gasteiger partial charge is 0.325 e.